The zero-order valence-electron chi connectivity index (χ0n) is 19.6. The number of esters is 1. The molecule has 0 saturated heterocycles. The lowest BCUT2D eigenvalue weighted by Gasteiger charge is -2.35. The van der Waals surface area contributed by atoms with E-state index in [1.165, 1.54) is 23.1 Å². The number of urea groups is 2. The third-order valence-electron chi connectivity index (χ3n) is 5.21. The standard InChI is InChI=1S/C25H29FN4O4/c1-5-13-30-16(4)21(23(31)34-15(2)3)22(29-25(30)33)17-9-8-10-18(14-17)27-24(32)28-20-12-7-6-11-19(20)26/h6-12,14-15,22H,5,13H2,1-4H3,(H,29,33)(H2,27,28,32). The smallest absolute Gasteiger partial charge is 0.338 e. The number of anilines is 2. The molecule has 0 fully saturated rings. The summed E-state index contributed by atoms with van der Waals surface area (Å²) in [6.45, 7) is 7.64. The first kappa shape index (κ1) is 24.8. The van der Waals surface area contributed by atoms with Gasteiger partial charge in [-0.25, -0.2) is 18.8 Å². The molecular formula is C25H29FN4O4. The number of hydrogen-bond acceptors (Lipinski definition) is 4. The number of halogens is 1. The van der Waals surface area contributed by atoms with Crippen molar-refractivity contribution in [3.05, 3.63) is 71.2 Å². The Hall–Kier alpha value is -3.88. The molecule has 2 aromatic carbocycles. The predicted octanol–water partition coefficient (Wildman–Crippen LogP) is 5.17. The summed E-state index contributed by atoms with van der Waals surface area (Å²) >= 11 is 0. The molecular weight excluding hydrogens is 439 g/mol. The fourth-order valence-electron chi connectivity index (χ4n) is 3.71. The van der Waals surface area contributed by atoms with Crippen LogP contribution in [0.25, 0.3) is 0 Å². The van der Waals surface area contributed by atoms with E-state index in [1.807, 2.05) is 6.92 Å². The van der Waals surface area contributed by atoms with Gasteiger partial charge < -0.3 is 20.7 Å². The lowest BCUT2D eigenvalue weighted by Crippen LogP contribution is -2.48. The Bertz CT molecular complexity index is 1120. The molecule has 9 heteroatoms. The van der Waals surface area contributed by atoms with Crippen molar-refractivity contribution in [3.8, 4) is 0 Å². The van der Waals surface area contributed by atoms with Gasteiger partial charge >= 0.3 is 18.0 Å². The number of allylic oxidation sites excluding steroid dienone is 1. The quantitative estimate of drug-likeness (QED) is 0.488. The molecule has 0 bridgehead atoms. The second-order valence-corrected chi connectivity index (χ2v) is 8.17. The number of rotatable bonds is 7. The van der Waals surface area contributed by atoms with Crippen LogP contribution in [-0.4, -0.2) is 35.6 Å². The highest BCUT2D eigenvalue weighted by molar-refractivity contribution is 6.00. The fraction of sp³-hybridized carbons (Fsp3) is 0.320. The summed E-state index contributed by atoms with van der Waals surface area (Å²) < 4.78 is 19.3. The van der Waals surface area contributed by atoms with Gasteiger partial charge in [-0.15, -0.1) is 0 Å². The number of benzene rings is 2. The Kier molecular flexibility index (Phi) is 7.88. The molecule has 0 radical (unpaired) electrons. The Morgan fingerprint density at radius 1 is 1.15 bits per heavy atom. The zero-order valence-corrected chi connectivity index (χ0v) is 19.6. The lowest BCUT2D eigenvalue weighted by atomic mass is 9.94. The van der Waals surface area contributed by atoms with Crippen molar-refractivity contribution in [2.75, 3.05) is 17.2 Å². The summed E-state index contributed by atoms with van der Waals surface area (Å²) in [6, 6.07) is 10.9. The van der Waals surface area contributed by atoms with Crippen molar-refractivity contribution >= 4 is 29.4 Å². The van der Waals surface area contributed by atoms with Crippen molar-refractivity contribution in [1.82, 2.24) is 10.2 Å². The van der Waals surface area contributed by atoms with E-state index in [-0.39, 0.29) is 17.8 Å². The molecule has 1 aliphatic rings. The summed E-state index contributed by atoms with van der Waals surface area (Å²) in [6.07, 6.45) is 0.388. The van der Waals surface area contributed by atoms with Gasteiger partial charge in [-0.3, -0.25) is 4.90 Å². The van der Waals surface area contributed by atoms with Crippen LogP contribution >= 0.6 is 0 Å². The highest BCUT2D eigenvalue weighted by Gasteiger charge is 2.36. The van der Waals surface area contributed by atoms with E-state index in [1.54, 1.807) is 51.1 Å². The summed E-state index contributed by atoms with van der Waals surface area (Å²) in [4.78, 5) is 39.7. The van der Waals surface area contributed by atoms with Gasteiger partial charge in [0, 0.05) is 17.9 Å². The molecule has 1 heterocycles. The summed E-state index contributed by atoms with van der Waals surface area (Å²) in [7, 11) is 0. The fourth-order valence-corrected chi connectivity index (χ4v) is 3.71. The summed E-state index contributed by atoms with van der Waals surface area (Å²) in [5.41, 5.74) is 1.89. The minimum Gasteiger partial charge on any atom is -0.459 e. The van der Waals surface area contributed by atoms with Gasteiger partial charge in [0.15, 0.2) is 0 Å². The molecule has 2 aromatic rings. The first-order chi connectivity index (χ1) is 16.2. The van der Waals surface area contributed by atoms with Gasteiger partial charge in [-0.2, -0.15) is 0 Å². The molecule has 0 aliphatic carbocycles. The van der Waals surface area contributed by atoms with Gasteiger partial charge in [-0.1, -0.05) is 31.2 Å². The van der Waals surface area contributed by atoms with E-state index in [4.69, 9.17) is 4.74 Å². The Balaban J connectivity index is 1.89. The Labute approximate surface area is 198 Å². The van der Waals surface area contributed by atoms with Crippen molar-refractivity contribution in [3.63, 3.8) is 0 Å². The number of ether oxygens (including phenoxy) is 1. The highest BCUT2D eigenvalue weighted by atomic mass is 19.1. The molecule has 0 aromatic heterocycles. The zero-order chi connectivity index (χ0) is 24.8. The van der Waals surface area contributed by atoms with Crippen LogP contribution in [0.3, 0.4) is 0 Å². The van der Waals surface area contributed by atoms with E-state index in [0.29, 0.717) is 29.1 Å². The number of nitrogens with zero attached hydrogens (tertiary/aromatic N) is 1. The molecule has 0 saturated carbocycles. The highest BCUT2D eigenvalue weighted by Crippen LogP contribution is 2.32. The van der Waals surface area contributed by atoms with E-state index in [2.05, 4.69) is 16.0 Å². The van der Waals surface area contributed by atoms with Crippen molar-refractivity contribution < 1.29 is 23.5 Å². The third kappa shape index (κ3) is 5.72. The van der Waals surface area contributed by atoms with Crippen LogP contribution in [0.15, 0.2) is 59.8 Å². The average Bonchev–Trinajstić information content (AvgIpc) is 2.77. The largest absolute Gasteiger partial charge is 0.459 e. The van der Waals surface area contributed by atoms with Crippen LogP contribution in [0, 0.1) is 5.82 Å². The minimum atomic E-state index is -0.761. The van der Waals surface area contributed by atoms with Crippen molar-refractivity contribution in [2.24, 2.45) is 0 Å². The average molecular weight is 469 g/mol. The molecule has 180 valence electrons. The van der Waals surface area contributed by atoms with Crippen LogP contribution < -0.4 is 16.0 Å². The Morgan fingerprint density at radius 3 is 2.56 bits per heavy atom. The molecule has 1 atom stereocenters. The number of carbonyl (C=O) groups is 3. The van der Waals surface area contributed by atoms with Crippen LogP contribution in [0.4, 0.5) is 25.4 Å². The second-order valence-electron chi connectivity index (χ2n) is 8.17. The molecule has 34 heavy (non-hydrogen) atoms. The minimum absolute atomic E-state index is 0.0454. The first-order valence-electron chi connectivity index (χ1n) is 11.1. The van der Waals surface area contributed by atoms with Gasteiger partial charge in [0.1, 0.15) is 5.82 Å². The Morgan fingerprint density at radius 2 is 1.88 bits per heavy atom. The van der Waals surface area contributed by atoms with Gasteiger partial charge in [0.25, 0.3) is 0 Å². The van der Waals surface area contributed by atoms with Crippen LogP contribution in [0.1, 0.15) is 45.7 Å². The number of hydrogen-bond donors (Lipinski definition) is 3. The topological polar surface area (TPSA) is 99.8 Å². The number of carbonyl (C=O) groups excluding carboxylic acids is 3. The maximum Gasteiger partial charge on any atom is 0.338 e. The number of amides is 4. The monoisotopic (exact) mass is 468 g/mol. The predicted molar refractivity (Wildman–Crippen MR) is 128 cm³/mol. The van der Waals surface area contributed by atoms with Crippen LogP contribution in [0.2, 0.25) is 0 Å². The van der Waals surface area contributed by atoms with E-state index < -0.39 is 23.9 Å². The third-order valence-corrected chi connectivity index (χ3v) is 5.21. The summed E-state index contributed by atoms with van der Waals surface area (Å²) in [5.74, 6) is -1.07. The molecule has 4 amide bonds. The molecule has 0 spiro atoms. The first-order valence-corrected chi connectivity index (χ1v) is 11.1. The maximum absolute atomic E-state index is 13.8. The molecule has 1 aliphatic heterocycles. The van der Waals surface area contributed by atoms with Crippen molar-refractivity contribution in [1.29, 1.82) is 0 Å². The summed E-state index contributed by atoms with van der Waals surface area (Å²) in [5, 5.41) is 7.99. The maximum atomic E-state index is 13.8. The molecule has 1 unspecified atom stereocenters. The molecule has 3 rings (SSSR count). The van der Waals surface area contributed by atoms with E-state index >= 15 is 0 Å². The second kappa shape index (κ2) is 10.8. The normalized spacial score (nSPS) is 15.8. The molecule has 8 nitrogen and oxygen atoms in total. The van der Waals surface area contributed by atoms with Gasteiger partial charge in [0.05, 0.1) is 23.4 Å². The van der Waals surface area contributed by atoms with Gasteiger partial charge in [-0.05, 0) is 57.0 Å². The lowest BCUT2D eigenvalue weighted by molar-refractivity contribution is -0.143. The number of para-hydroxylation sites is 1. The SMILES string of the molecule is CCCN1C(=O)NC(c2cccc(NC(=O)Nc3ccccc3F)c2)C(C(=O)OC(C)C)=C1C. The van der Waals surface area contributed by atoms with Crippen molar-refractivity contribution in [2.45, 2.75) is 46.3 Å². The van der Waals surface area contributed by atoms with Crippen LogP contribution in [0.5, 0.6) is 0 Å². The number of nitrogens with one attached hydrogen (secondary N) is 3. The van der Waals surface area contributed by atoms with Crippen LogP contribution in [-0.2, 0) is 9.53 Å². The van der Waals surface area contributed by atoms with E-state index in [9.17, 15) is 18.8 Å². The van der Waals surface area contributed by atoms with E-state index in [0.717, 1.165) is 6.42 Å². The van der Waals surface area contributed by atoms with Gasteiger partial charge in [0.2, 0.25) is 0 Å². The molecule has 3 N–H and O–H groups in total.